The second-order valence-corrected chi connectivity index (χ2v) is 9.46. The normalized spacial score (nSPS) is 15.5. The first-order chi connectivity index (χ1) is 16.8. The summed E-state index contributed by atoms with van der Waals surface area (Å²) in [6.07, 6.45) is 1.72. The van der Waals surface area contributed by atoms with Crippen LogP contribution in [0, 0.1) is 5.82 Å². The molecule has 3 aromatic rings. The van der Waals surface area contributed by atoms with E-state index in [9.17, 15) is 14.0 Å². The average Bonchev–Trinajstić information content (AvgIpc) is 3.12. The van der Waals surface area contributed by atoms with Gasteiger partial charge in [0.1, 0.15) is 5.82 Å². The van der Waals surface area contributed by atoms with Crippen molar-refractivity contribution in [2.45, 2.75) is 19.9 Å². The van der Waals surface area contributed by atoms with Gasteiger partial charge in [0.15, 0.2) is 16.3 Å². The number of halogens is 2. The Morgan fingerprint density at radius 2 is 1.94 bits per heavy atom. The van der Waals surface area contributed by atoms with Crippen molar-refractivity contribution in [2.24, 2.45) is 4.99 Å². The van der Waals surface area contributed by atoms with E-state index in [0.717, 1.165) is 0 Å². The minimum absolute atomic E-state index is 0.171. The molecule has 0 amide bonds. The molecule has 0 saturated carbocycles. The van der Waals surface area contributed by atoms with Crippen LogP contribution in [0.15, 0.2) is 61.9 Å². The van der Waals surface area contributed by atoms with Gasteiger partial charge < -0.3 is 14.2 Å². The molecular formula is C25H22BrFN2O5S. The number of hydrogen-bond acceptors (Lipinski definition) is 7. The molecule has 0 N–H and O–H groups in total. The molecule has 0 unspecified atom stereocenters. The number of benzene rings is 2. The van der Waals surface area contributed by atoms with Gasteiger partial charge in [-0.2, -0.15) is 0 Å². The maximum atomic E-state index is 13.7. The lowest BCUT2D eigenvalue weighted by molar-refractivity contribution is -0.139. The highest BCUT2D eigenvalue weighted by Crippen LogP contribution is 2.36. The van der Waals surface area contributed by atoms with Crippen molar-refractivity contribution in [1.82, 2.24) is 4.57 Å². The molecule has 0 saturated heterocycles. The number of hydrogen-bond donors (Lipinski definition) is 0. The van der Waals surface area contributed by atoms with Crippen LogP contribution in [0.4, 0.5) is 4.39 Å². The Hall–Kier alpha value is -3.24. The van der Waals surface area contributed by atoms with Gasteiger partial charge in [-0.1, -0.05) is 23.5 Å². The van der Waals surface area contributed by atoms with Crippen LogP contribution in [0.2, 0.25) is 0 Å². The number of allylic oxidation sites excluding steroid dienone is 1. The number of carbonyl (C=O) groups is 1. The predicted molar refractivity (Wildman–Crippen MR) is 134 cm³/mol. The number of rotatable bonds is 6. The Bertz CT molecular complexity index is 1510. The van der Waals surface area contributed by atoms with Crippen molar-refractivity contribution in [3.05, 3.63) is 88.8 Å². The zero-order valence-electron chi connectivity index (χ0n) is 19.4. The Labute approximate surface area is 212 Å². The standard InChI is InChI=1S/C25H22BrFN2O5S/c1-5-34-24(31)20-13(2)28-25-29(21(20)15-6-8-16(27)9-7-15)23(30)19(35-25)12-14-10-17(26)22(33-4)18(11-14)32-3/h6-12,21H,5H2,1-4H3/b19-12-/t21-/m1/s1. The first-order valence-electron chi connectivity index (χ1n) is 10.7. The summed E-state index contributed by atoms with van der Waals surface area (Å²) in [7, 11) is 3.07. The number of carbonyl (C=O) groups excluding carboxylic acids is 1. The lowest BCUT2D eigenvalue weighted by Crippen LogP contribution is -2.39. The topological polar surface area (TPSA) is 79.1 Å². The fourth-order valence-corrected chi connectivity index (χ4v) is 5.59. The van der Waals surface area contributed by atoms with Crippen LogP contribution in [0.25, 0.3) is 6.08 Å². The summed E-state index contributed by atoms with van der Waals surface area (Å²) in [5, 5.41) is 0. The van der Waals surface area contributed by atoms with E-state index in [1.165, 1.54) is 35.1 Å². The molecule has 182 valence electrons. The molecule has 35 heavy (non-hydrogen) atoms. The molecular weight excluding hydrogens is 539 g/mol. The van der Waals surface area contributed by atoms with E-state index in [-0.39, 0.29) is 17.7 Å². The van der Waals surface area contributed by atoms with E-state index in [0.29, 0.717) is 42.1 Å². The SMILES string of the molecule is CCOC(=O)C1=C(C)N=c2s/c(=C\c3cc(Br)c(OC)c(OC)c3)c(=O)n2[C@@H]1c1ccc(F)cc1. The number of aromatic nitrogens is 1. The van der Waals surface area contributed by atoms with Gasteiger partial charge in [-0.05, 0) is 71.2 Å². The third kappa shape index (κ3) is 4.68. The molecule has 1 aliphatic rings. The van der Waals surface area contributed by atoms with Crippen LogP contribution in [-0.2, 0) is 9.53 Å². The molecule has 0 radical (unpaired) electrons. The average molecular weight is 561 g/mol. The van der Waals surface area contributed by atoms with Gasteiger partial charge in [0.25, 0.3) is 5.56 Å². The highest BCUT2D eigenvalue weighted by Gasteiger charge is 2.33. The molecule has 2 aromatic carbocycles. The van der Waals surface area contributed by atoms with E-state index in [1.807, 2.05) is 6.07 Å². The quantitative estimate of drug-likeness (QED) is 0.429. The Morgan fingerprint density at radius 3 is 2.57 bits per heavy atom. The number of nitrogens with zero attached hydrogens (tertiary/aromatic N) is 2. The van der Waals surface area contributed by atoms with Crippen LogP contribution in [-0.4, -0.2) is 31.4 Å². The van der Waals surface area contributed by atoms with E-state index in [2.05, 4.69) is 20.9 Å². The van der Waals surface area contributed by atoms with Gasteiger partial charge in [-0.25, -0.2) is 14.2 Å². The van der Waals surface area contributed by atoms with Crippen molar-refractivity contribution >= 4 is 39.3 Å². The Morgan fingerprint density at radius 1 is 1.23 bits per heavy atom. The summed E-state index contributed by atoms with van der Waals surface area (Å²) in [6.45, 7) is 3.58. The first-order valence-corrected chi connectivity index (χ1v) is 12.3. The lowest BCUT2D eigenvalue weighted by atomic mass is 9.96. The van der Waals surface area contributed by atoms with Gasteiger partial charge in [-0.15, -0.1) is 0 Å². The smallest absolute Gasteiger partial charge is 0.338 e. The van der Waals surface area contributed by atoms with Crippen LogP contribution >= 0.6 is 27.3 Å². The van der Waals surface area contributed by atoms with Crippen LogP contribution < -0.4 is 24.4 Å². The lowest BCUT2D eigenvalue weighted by Gasteiger charge is -2.24. The summed E-state index contributed by atoms with van der Waals surface area (Å²) >= 11 is 4.67. The van der Waals surface area contributed by atoms with Gasteiger partial charge in [0.05, 0.1) is 47.1 Å². The summed E-state index contributed by atoms with van der Waals surface area (Å²) < 4.78 is 32.2. The second kappa shape index (κ2) is 10.2. The molecule has 1 atom stereocenters. The maximum absolute atomic E-state index is 13.7. The zero-order valence-corrected chi connectivity index (χ0v) is 21.8. The molecule has 0 spiro atoms. The molecule has 1 aromatic heterocycles. The second-order valence-electron chi connectivity index (χ2n) is 7.59. The predicted octanol–water partition coefficient (Wildman–Crippen LogP) is 3.72. The van der Waals surface area contributed by atoms with E-state index in [4.69, 9.17) is 14.2 Å². The molecule has 4 rings (SSSR count). The first kappa shape index (κ1) is 24.9. The number of ether oxygens (including phenoxy) is 3. The summed E-state index contributed by atoms with van der Waals surface area (Å²) in [6, 6.07) is 8.47. The number of thiazole rings is 1. The van der Waals surface area contributed by atoms with Crippen molar-refractivity contribution < 1.29 is 23.4 Å². The summed E-state index contributed by atoms with van der Waals surface area (Å²) in [5.41, 5.74) is 1.64. The van der Waals surface area contributed by atoms with E-state index in [1.54, 1.807) is 45.2 Å². The molecule has 0 aliphatic carbocycles. The fraction of sp³-hybridized carbons (Fsp3) is 0.240. The molecule has 1 aliphatic heterocycles. The van der Waals surface area contributed by atoms with Crippen molar-refractivity contribution in [3.63, 3.8) is 0 Å². The fourth-order valence-electron chi connectivity index (χ4n) is 3.92. The highest BCUT2D eigenvalue weighted by atomic mass is 79.9. The third-order valence-electron chi connectivity index (χ3n) is 5.46. The largest absolute Gasteiger partial charge is 0.493 e. The molecule has 0 bridgehead atoms. The Balaban J connectivity index is 1.94. The monoisotopic (exact) mass is 560 g/mol. The Kier molecular flexibility index (Phi) is 7.23. The van der Waals surface area contributed by atoms with Crippen LogP contribution in [0.3, 0.4) is 0 Å². The minimum Gasteiger partial charge on any atom is -0.493 e. The number of fused-ring (bicyclic) bond motifs is 1. The molecule has 7 nitrogen and oxygen atoms in total. The van der Waals surface area contributed by atoms with Crippen LogP contribution in [0.5, 0.6) is 11.5 Å². The van der Waals surface area contributed by atoms with Gasteiger partial charge >= 0.3 is 5.97 Å². The summed E-state index contributed by atoms with van der Waals surface area (Å²) in [5.74, 6) is 0.0578. The van der Waals surface area contributed by atoms with Gasteiger partial charge in [-0.3, -0.25) is 9.36 Å². The third-order valence-corrected chi connectivity index (χ3v) is 7.03. The molecule has 2 heterocycles. The minimum atomic E-state index is -0.801. The van der Waals surface area contributed by atoms with E-state index < -0.39 is 17.8 Å². The van der Waals surface area contributed by atoms with Crippen molar-refractivity contribution in [1.29, 1.82) is 0 Å². The zero-order chi connectivity index (χ0) is 25.3. The highest BCUT2D eigenvalue weighted by molar-refractivity contribution is 9.10. The molecule has 0 fully saturated rings. The van der Waals surface area contributed by atoms with Gasteiger partial charge in [0.2, 0.25) is 0 Å². The van der Waals surface area contributed by atoms with Crippen molar-refractivity contribution in [3.8, 4) is 11.5 Å². The maximum Gasteiger partial charge on any atom is 0.338 e. The van der Waals surface area contributed by atoms with Gasteiger partial charge in [0, 0.05) is 0 Å². The van der Waals surface area contributed by atoms with Crippen LogP contribution in [0.1, 0.15) is 31.0 Å². The number of methoxy groups -OCH3 is 2. The summed E-state index contributed by atoms with van der Waals surface area (Å²) in [4.78, 5) is 31.5. The van der Waals surface area contributed by atoms with E-state index >= 15 is 0 Å². The van der Waals surface area contributed by atoms with Crippen molar-refractivity contribution in [2.75, 3.05) is 20.8 Å². The molecule has 10 heteroatoms. The number of esters is 1.